The molecule has 0 atom stereocenters. The van der Waals surface area contributed by atoms with Crippen LogP contribution in [0.4, 0.5) is 0 Å². The number of nitrogens with zero attached hydrogens (tertiary/aromatic N) is 1. The lowest BCUT2D eigenvalue weighted by Crippen LogP contribution is -2.24. The first-order valence-electron chi connectivity index (χ1n) is 5.32. The highest BCUT2D eigenvalue weighted by molar-refractivity contribution is 6.31. The molecular weight excluding hydrogens is 229 g/mol. The maximum absolute atomic E-state index is 6.10. The molecule has 0 N–H and O–H groups in total. The van der Waals surface area contributed by atoms with Crippen molar-refractivity contribution in [3.8, 4) is 0 Å². The number of halogens is 2. The van der Waals surface area contributed by atoms with Crippen LogP contribution in [0.2, 0.25) is 5.02 Å². The Balaban J connectivity index is 2.88. The van der Waals surface area contributed by atoms with Gasteiger partial charge in [-0.2, -0.15) is 0 Å². The van der Waals surface area contributed by atoms with Crippen LogP contribution in [0.3, 0.4) is 0 Å². The molecule has 1 aromatic heterocycles. The van der Waals surface area contributed by atoms with Gasteiger partial charge in [0.1, 0.15) is 0 Å². The van der Waals surface area contributed by atoms with Crippen LogP contribution in [0.25, 0.3) is 0 Å². The zero-order valence-corrected chi connectivity index (χ0v) is 10.8. The monoisotopic (exact) mass is 245 g/mol. The van der Waals surface area contributed by atoms with Gasteiger partial charge in [-0.15, -0.1) is 11.6 Å². The maximum atomic E-state index is 6.10. The van der Waals surface area contributed by atoms with Crippen molar-refractivity contribution >= 4 is 23.2 Å². The summed E-state index contributed by atoms with van der Waals surface area (Å²) in [5.74, 6) is 0.679. The minimum atomic E-state index is 0.173. The van der Waals surface area contributed by atoms with Crippen LogP contribution in [0, 0.1) is 5.41 Å². The summed E-state index contributed by atoms with van der Waals surface area (Å²) in [4.78, 5) is 3.99. The maximum Gasteiger partial charge on any atom is 0.0621 e. The van der Waals surface area contributed by atoms with E-state index < -0.39 is 0 Å². The van der Waals surface area contributed by atoms with E-state index in [1.54, 1.807) is 12.4 Å². The van der Waals surface area contributed by atoms with Crippen molar-refractivity contribution in [2.24, 2.45) is 5.41 Å². The smallest absolute Gasteiger partial charge is 0.0621 e. The van der Waals surface area contributed by atoms with E-state index in [0.717, 1.165) is 29.8 Å². The van der Waals surface area contributed by atoms with Gasteiger partial charge in [-0.05, 0) is 36.3 Å². The molecule has 0 aliphatic carbocycles. The van der Waals surface area contributed by atoms with E-state index >= 15 is 0 Å². The van der Waals surface area contributed by atoms with Crippen LogP contribution >= 0.6 is 23.2 Å². The Morgan fingerprint density at radius 1 is 1.33 bits per heavy atom. The molecule has 0 aliphatic rings. The molecule has 1 nitrogen and oxygen atoms in total. The first-order chi connectivity index (χ1) is 7.17. The standard InChI is InChI=1S/C12H17Cl2N/c1-3-12(4-2,9-13)7-10-5-6-15-8-11(10)14/h5-6,8H,3-4,7,9H2,1-2H3. The summed E-state index contributed by atoms with van der Waals surface area (Å²) in [6.45, 7) is 4.36. The third-order valence-electron chi connectivity index (χ3n) is 3.21. The predicted molar refractivity (Wildman–Crippen MR) is 66.7 cm³/mol. The minimum absolute atomic E-state index is 0.173. The predicted octanol–water partition coefficient (Wildman–Crippen LogP) is 4.32. The van der Waals surface area contributed by atoms with Gasteiger partial charge in [-0.3, -0.25) is 4.98 Å². The van der Waals surface area contributed by atoms with Crippen molar-refractivity contribution in [1.82, 2.24) is 4.98 Å². The van der Waals surface area contributed by atoms with E-state index in [1.165, 1.54) is 0 Å². The first kappa shape index (κ1) is 12.8. The van der Waals surface area contributed by atoms with Crippen LogP contribution in [0.5, 0.6) is 0 Å². The van der Waals surface area contributed by atoms with Crippen molar-refractivity contribution in [1.29, 1.82) is 0 Å². The molecule has 1 heterocycles. The molecule has 0 spiro atoms. The van der Waals surface area contributed by atoms with Gasteiger partial charge in [0.25, 0.3) is 0 Å². The zero-order chi connectivity index (χ0) is 11.3. The minimum Gasteiger partial charge on any atom is -0.263 e. The van der Waals surface area contributed by atoms with Gasteiger partial charge in [0.2, 0.25) is 0 Å². The number of pyridine rings is 1. The van der Waals surface area contributed by atoms with E-state index in [-0.39, 0.29) is 5.41 Å². The van der Waals surface area contributed by atoms with Gasteiger partial charge >= 0.3 is 0 Å². The van der Waals surface area contributed by atoms with Crippen LogP contribution in [-0.4, -0.2) is 10.9 Å². The number of alkyl halides is 1. The SMILES string of the molecule is CCC(CC)(CCl)Cc1ccncc1Cl. The van der Waals surface area contributed by atoms with Crippen molar-refractivity contribution in [2.45, 2.75) is 33.1 Å². The topological polar surface area (TPSA) is 12.9 Å². The van der Waals surface area contributed by atoms with Crippen molar-refractivity contribution in [2.75, 3.05) is 5.88 Å². The van der Waals surface area contributed by atoms with Crippen molar-refractivity contribution in [3.63, 3.8) is 0 Å². The molecule has 0 amide bonds. The third-order valence-corrected chi connectivity index (χ3v) is 4.11. The van der Waals surface area contributed by atoms with Crippen LogP contribution in [0.1, 0.15) is 32.3 Å². The molecule has 1 rings (SSSR count). The van der Waals surface area contributed by atoms with Crippen molar-refractivity contribution < 1.29 is 0 Å². The molecule has 0 bridgehead atoms. The normalized spacial score (nSPS) is 11.7. The lowest BCUT2D eigenvalue weighted by Gasteiger charge is -2.29. The Hall–Kier alpha value is -0.270. The molecule has 15 heavy (non-hydrogen) atoms. The Kier molecular flexibility index (Phi) is 4.88. The Labute approximate surface area is 102 Å². The van der Waals surface area contributed by atoms with Gasteiger partial charge in [0.15, 0.2) is 0 Å². The van der Waals surface area contributed by atoms with Gasteiger partial charge in [0, 0.05) is 18.3 Å². The molecule has 0 fully saturated rings. The summed E-state index contributed by atoms with van der Waals surface area (Å²) >= 11 is 12.2. The van der Waals surface area contributed by atoms with Crippen LogP contribution in [-0.2, 0) is 6.42 Å². The molecule has 0 radical (unpaired) electrons. The number of hydrogen-bond acceptors (Lipinski definition) is 1. The zero-order valence-electron chi connectivity index (χ0n) is 9.26. The Morgan fingerprint density at radius 2 is 2.00 bits per heavy atom. The molecule has 0 saturated carbocycles. The van der Waals surface area contributed by atoms with Gasteiger partial charge in [-0.25, -0.2) is 0 Å². The fourth-order valence-electron chi connectivity index (χ4n) is 1.69. The third kappa shape index (κ3) is 3.09. The molecule has 0 aromatic carbocycles. The van der Waals surface area contributed by atoms with E-state index in [9.17, 15) is 0 Å². The highest BCUT2D eigenvalue weighted by Gasteiger charge is 2.26. The summed E-state index contributed by atoms with van der Waals surface area (Å²) in [5.41, 5.74) is 1.32. The fourth-order valence-corrected chi connectivity index (χ4v) is 2.35. The molecular formula is C12H17Cl2N. The van der Waals surface area contributed by atoms with Gasteiger partial charge < -0.3 is 0 Å². The summed E-state index contributed by atoms with van der Waals surface area (Å²) in [7, 11) is 0. The lowest BCUT2D eigenvalue weighted by molar-refractivity contribution is 0.302. The van der Waals surface area contributed by atoms with Gasteiger partial charge in [0.05, 0.1) is 5.02 Å². The summed E-state index contributed by atoms with van der Waals surface area (Å²) < 4.78 is 0. The fraction of sp³-hybridized carbons (Fsp3) is 0.583. The molecule has 0 saturated heterocycles. The highest BCUT2D eigenvalue weighted by atomic mass is 35.5. The molecule has 84 valence electrons. The summed E-state index contributed by atoms with van der Waals surface area (Å²) in [6, 6.07) is 1.98. The Bertz CT molecular complexity index is 300. The Morgan fingerprint density at radius 3 is 2.47 bits per heavy atom. The first-order valence-corrected chi connectivity index (χ1v) is 6.23. The van der Waals surface area contributed by atoms with Crippen LogP contribution in [0.15, 0.2) is 18.5 Å². The second kappa shape index (κ2) is 5.72. The molecule has 1 aromatic rings. The highest BCUT2D eigenvalue weighted by Crippen LogP contribution is 2.34. The molecule has 3 heteroatoms. The van der Waals surface area contributed by atoms with Crippen LogP contribution < -0.4 is 0 Å². The van der Waals surface area contributed by atoms with E-state index in [4.69, 9.17) is 23.2 Å². The number of hydrogen-bond donors (Lipinski definition) is 0. The summed E-state index contributed by atoms with van der Waals surface area (Å²) in [6.07, 6.45) is 6.56. The van der Waals surface area contributed by atoms with E-state index in [1.807, 2.05) is 6.07 Å². The number of rotatable bonds is 5. The lowest BCUT2D eigenvalue weighted by atomic mass is 9.79. The van der Waals surface area contributed by atoms with Gasteiger partial charge in [-0.1, -0.05) is 25.4 Å². The quantitative estimate of drug-likeness (QED) is 0.705. The average molecular weight is 246 g/mol. The summed E-state index contributed by atoms with van der Waals surface area (Å²) in [5, 5.41) is 0.744. The molecule has 0 aliphatic heterocycles. The van der Waals surface area contributed by atoms with E-state index in [0.29, 0.717) is 5.88 Å². The average Bonchev–Trinajstić information content (AvgIpc) is 2.29. The van der Waals surface area contributed by atoms with Crippen molar-refractivity contribution in [3.05, 3.63) is 29.0 Å². The van der Waals surface area contributed by atoms with E-state index in [2.05, 4.69) is 18.8 Å². The second-order valence-corrected chi connectivity index (χ2v) is 4.66. The molecule has 0 unspecified atom stereocenters. The second-order valence-electron chi connectivity index (χ2n) is 3.98. The number of aromatic nitrogens is 1. The largest absolute Gasteiger partial charge is 0.263 e.